The molecule has 0 aromatic carbocycles. The van der Waals surface area contributed by atoms with Crippen LogP contribution in [0.2, 0.25) is 0 Å². The Bertz CT molecular complexity index is 566. The van der Waals surface area contributed by atoms with E-state index in [4.69, 9.17) is 4.74 Å². The number of ether oxygens (including phenoxy) is 1. The summed E-state index contributed by atoms with van der Waals surface area (Å²) in [5.74, 6) is -1.01. The highest BCUT2D eigenvalue weighted by molar-refractivity contribution is 5.99. The summed E-state index contributed by atoms with van der Waals surface area (Å²) >= 11 is 0. The Morgan fingerprint density at radius 3 is 2.52 bits per heavy atom. The fourth-order valence-electron chi connectivity index (χ4n) is 1.64. The van der Waals surface area contributed by atoms with E-state index in [1.165, 1.54) is 14.0 Å². The number of hydrogen-bond donors (Lipinski definition) is 1. The van der Waals surface area contributed by atoms with E-state index in [0.717, 1.165) is 4.90 Å². The van der Waals surface area contributed by atoms with Crippen LogP contribution in [-0.2, 0) is 20.7 Å². The third-order valence-corrected chi connectivity index (χ3v) is 2.99. The lowest BCUT2D eigenvalue weighted by Gasteiger charge is -2.27. The van der Waals surface area contributed by atoms with E-state index in [2.05, 4.69) is 10.3 Å². The first-order chi connectivity index (χ1) is 10.6. The lowest BCUT2D eigenvalue weighted by atomic mass is 10.2. The SMILES string of the molecule is C[C@H](C(=O)NC(=O)Cc1cccnc1)N(C)C(=O)OC(C)(C)C. The van der Waals surface area contributed by atoms with E-state index in [1.54, 1.807) is 45.3 Å². The van der Waals surface area contributed by atoms with E-state index in [-0.39, 0.29) is 6.42 Å². The molecule has 126 valence electrons. The molecule has 0 bridgehead atoms. The van der Waals surface area contributed by atoms with Crippen LogP contribution < -0.4 is 5.32 Å². The van der Waals surface area contributed by atoms with E-state index in [0.29, 0.717) is 5.56 Å². The smallest absolute Gasteiger partial charge is 0.410 e. The summed E-state index contributed by atoms with van der Waals surface area (Å²) in [5, 5.41) is 2.27. The Morgan fingerprint density at radius 2 is 2.00 bits per heavy atom. The minimum Gasteiger partial charge on any atom is -0.444 e. The summed E-state index contributed by atoms with van der Waals surface area (Å²) in [6.45, 7) is 6.74. The summed E-state index contributed by atoms with van der Waals surface area (Å²) in [6, 6.07) is 2.62. The fraction of sp³-hybridized carbons (Fsp3) is 0.500. The molecule has 0 unspecified atom stereocenters. The van der Waals surface area contributed by atoms with Gasteiger partial charge in [-0.3, -0.25) is 24.8 Å². The molecule has 23 heavy (non-hydrogen) atoms. The highest BCUT2D eigenvalue weighted by Crippen LogP contribution is 2.10. The van der Waals surface area contributed by atoms with Crippen molar-refractivity contribution < 1.29 is 19.1 Å². The lowest BCUT2D eigenvalue weighted by Crippen LogP contribution is -2.49. The predicted molar refractivity (Wildman–Crippen MR) is 84.5 cm³/mol. The fourth-order valence-corrected chi connectivity index (χ4v) is 1.64. The Kier molecular flexibility index (Phi) is 6.24. The maximum Gasteiger partial charge on any atom is 0.410 e. The van der Waals surface area contributed by atoms with Crippen LogP contribution in [0.5, 0.6) is 0 Å². The van der Waals surface area contributed by atoms with Gasteiger partial charge in [-0.1, -0.05) is 6.07 Å². The second-order valence-corrected chi connectivity index (χ2v) is 6.22. The molecule has 7 heteroatoms. The van der Waals surface area contributed by atoms with Gasteiger partial charge in [0.25, 0.3) is 0 Å². The molecule has 0 aliphatic carbocycles. The molecular weight excluding hydrogens is 298 g/mol. The number of imide groups is 1. The summed E-state index contributed by atoms with van der Waals surface area (Å²) < 4.78 is 5.19. The Balaban J connectivity index is 2.56. The topological polar surface area (TPSA) is 88.6 Å². The molecule has 0 saturated heterocycles. The standard InChI is InChI=1S/C16H23N3O4/c1-11(19(5)15(22)23-16(2,3)4)14(21)18-13(20)9-12-7-6-8-17-10-12/h6-8,10-11H,9H2,1-5H3,(H,18,20,21)/t11-/m1/s1. The number of nitrogens with zero attached hydrogens (tertiary/aromatic N) is 2. The third kappa shape index (κ3) is 6.46. The molecule has 7 nitrogen and oxygen atoms in total. The first kappa shape index (κ1) is 18.6. The van der Waals surface area contributed by atoms with Crippen molar-refractivity contribution in [3.63, 3.8) is 0 Å². The van der Waals surface area contributed by atoms with E-state index < -0.39 is 29.6 Å². The second kappa shape index (κ2) is 7.71. The number of nitrogens with one attached hydrogen (secondary N) is 1. The van der Waals surface area contributed by atoms with Gasteiger partial charge < -0.3 is 4.74 Å². The number of amides is 3. The van der Waals surface area contributed by atoms with Crippen LogP contribution in [-0.4, -0.2) is 46.5 Å². The Morgan fingerprint density at radius 1 is 1.35 bits per heavy atom. The third-order valence-electron chi connectivity index (χ3n) is 2.99. The normalized spacial score (nSPS) is 12.2. The molecule has 3 amide bonds. The van der Waals surface area contributed by atoms with Gasteiger partial charge in [0.2, 0.25) is 11.8 Å². The van der Waals surface area contributed by atoms with Gasteiger partial charge in [0.05, 0.1) is 6.42 Å². The zero-order chi connectivity index (χ0) is 17.6. The van der Waals surface area contributed by atoms with Crippen LogP contribution in [0.1, 0.15) is 33.3 Å². The lowest BCUT2D eigenvalue weighted by molar-refractivity contribution is -0.132. The van der Waals surface area contributed by atoms with Crippen molar-refractivity contribution in [2.24, 2.45) is 0 Å². The predicted octanol–water partition coefficient (Wildman–Crippen LogP) is 1.52. The minimum atomic E-state index is -0.831. The molecule has 1 heterocycles. The average Bonchev–Trinajstić information content (AvgIpc) is 2.44. The Hall–Kier alpha value is -2.44. The number of rotatable bonds is 4. The van der Waals surface area contributed by atoms with Gasteiger partial charge in [-0.2, -0.15) is 0 Å². The van der Waals surface area contributed by atoms with Crippen molar-refractivity contribution in [1.82, 2.24) is 15.2 Å². The highest BCUT2D eigenvalue weighted by atomic mass is 16.6. The van der Waals surface area contributed by atoms with E-state index in [1.807, 2.05) is 0 Å². The average molecular weight is 321 g/mol. The van der Waals surface area contributed by atoms with Crippen LogP contribution >= 0.6 is 0 Å². The van der Waals surface area contributed by atoms with Gasteiger partial charge in [0.1, 0.15) is 11.6 Å². The zero-order valence-electron chi connectivity index (χ0n) is 14.1. The van der Waals surface area contributed by atoms with Crippen molar-refractivity contribution in [3.05, 3.63) is 30.1 Å². The van der Waals surface area contributed by atoms with Crippen molar-refractivity contribution in [3.8, 4) is 0 Å². The van der Waals surface area contributed by atoms with Crippen LogP contribution in [0.3, 0.4) is 0 Å². The van der Waals surface area contributed by atoms with Gasteiger partial charge in [0, 0.05) is 19.4 Å². The van der Waals surface area contributed by atoms with Crippen molar-refractivity contribution in [2.75, 3.05) is 7.05 Å². The first-order valence-electron chi connectivity index (χ1n) is 7.28. The van der Waals surface area contributed by atoms with Crippen molar-refractivity contribution in [2.45, 2.75) is 45.8 Å². The van der Waals surface area contributed by atoms with Gasteiger partial charge in [-0.25, -0.2) is 4.79 Å². The second-order valence-electron chi connectivity index (χ2n) is 6.22. The van der Waals surface area contributed by atoms with Crippen LogP contribution in [0.25, 0.3) is 0 Å². The van der Waals surface area contributed by atoms with E-state index in [9.17, 15) is 14.4 Å². The van der Waals surface area contributed by atoms with Crippen molar-refractivity contribution >= 4 is 17.9 Å². The summed E-state index contributed by atoms with van der Waals surface area (Å²) in [4.78, 5) is 40.9. The zero-order valence-corrected chi connectivity index (χ0v) is 14.1. The van der Waals surface area contributed by atoms with Crippen molar-refractivity contribution in [1.29, 1.82) is 0 Å². The molecule has 0 radical (unpaired) electrons. The highest BCUT2D eigenvalue weighted by Gasteiger charge is 2.27. The number of pyridine rings is 1. The van der Waals surface area contributed by atoms with Crippen LogP contribution in [0, 0.1) is 0 Å². The number of carbonyl (C=O) groups excluding carboxylic acids is 3. The molecule has 0 saturated carbocycles. The number of likely N-dealkylation sites (N-methyl/N-ethyl adjacent to an activating group) is 1. The number of aromatic nitrogens is 1. The molecule has 1 N–H and O–H groups in total. The maximum atomic E-state index is 12.1. The van der Waals surface area contributed by atoms with Gasteiger partial charge in [-0.05, 0) is 39.3 Å². The molecule has 0 aliphatic heterocycles. The molecular formula is C16H23N3O4. The summed E-state index contributed by atoms with van der Waals surface area (Å²) in [6.07, 6.45) is 2.58. The largest absolute Gasteiger partial charge is 0.444 e. The molecule has 1 atom stereocenters. The van der Waals surface area contributed by atoms with Gasteiger partial charge >= 0.3 is 6.09 Å². The minimum absolute atomic E-state index is 0.0441. The molecule has 1 aromatic rings. The number of carbonyl (C=O) groups is 3. The monoisotopic (exact) mass is 321 g/mol. The number of hydrogen-bond acceptors (Lipinski definition) is 5. The summed E-state index contributed by atoms with van der Waals surface area (Å²) in [5.41, 5.74) is 0.0449. The molecule has 1 rings (SSSR count). The molecule has 0 aliphatic rings. The summed E-state index contributed by atoms with van der Waals surface area (Å²) in [7, 11) is 1.45. The van der Waals surface area contributed by atoms with Crippen LogP contribution in [0.4, 0.5) is 4.79 Å². The van der Waals surface area contributed by atoms with Gasteiger partial charge in [0.15, 0.2) is 0 Å². The first-order valence-corrected chi connectivity index (χ1v) is 7.28. The van der Waals surface area contributed by atoms with Crippen LogP contribution in [0.15, 0.2) is 24.5 Å². The quantitative estimate of drug-likeness (QED) is 0.908. The molecule has 1 aromatic heterocycles. The van der Waals surface area contributed by atoms with E-state index >= 15 is 0 Å². The molecule has 0 spiro atoms. The Labute approximate surface area is 136 Å². The van der Waals surface area contributed by atoms with Gasteiger partial charge in [-0.15, -0.1) is 0 Å². The molecule has 0 fully saturated rings. The maximum absolute atomic E-state index is 12.1.